The van der Waals surface area contributed by atoms with Gasteiger partial charge in [-0.25, -0.2) is 4.98 Å². The number of rotatable bonds is 3. The van der Waals surface area contributed by atoms with E-state index in [0.717, 1.165) is 44.9 Å². The van der Waals surface area contributed by atoms with Crippen LogP contribution >= 0.6 is 0 Å². The quantitative estimate of drug-likeness (QED) is 0.189. The van der Waals surface area contributed by atoms with E-state index >= 15 is 0 Å². The number of para-hydroxylation sites is 2. The highest BCUT2D eigenvalue weighted by atomic mass is 15.1. The van der Waals surface area contributed by atoms with Gasteiger partial charge in [-0.2, -0.15) is 0 Å². The fourth-order valence-electron chi connectivity index (χ4n) is 8.76. The lowest BCUT2D eigenvalue weighted by molar-refractivity contribution is 1.09. The van der Waals surface area contributed by atoms with Crippen LogP contribution in [0.4, 0.5) is 0 Å². The summed E-state index contributed by atoms with van der Waals surface area (Å²) in [4.78, 5) is 10.00. The molecule has 1 aliphatic carbocycles. The predicted molar refractivity (Wildman–Crippen MR) is 216 cm³/mol. The first-order valence-electron chi connectivity index (χ1n) is 17.7. The Balaban J connectivity index is 1.05. The third kappa shape index (κ3) is 3.75. The van der Waals surface area contributed by atoms with Gasteiger partial charge >= 0.3 is 0 Å². The second-order valence-electron chi connectivity index (χ2n) is 13.8. The summed E-state index contributed by atoms with van der Waals surface area (Å²) in [5.41, 5.74) is 13.8. The maximum absolute atomic E-state index is 5.36. The summed E-state index contributed by atoms with van der Waals surface area (Å²) in [5, 5.41) is 8.61. The Labute approximate surface area is 298 Å². The first-order chi connectivity index (χ1) is 25.8. The number of aromatic nitrogens is 4. The second kappa shape index (κ2) is 10.3. The van der Waals surface area contributed by atoms with E-state index in [2.05, 4.69) is 178 Å². The van der Waals surface area contributed by atoms with E-state index in [1.165, 1.54) is 65.4 Å². The molecule has 11 aromatic rings. The SMILES string of the molecule is c1ccc(-n2c3ccc(-c4ccc5c(c4)c4ccccc4n5-c4ccc5c(n4)-c4cccc6nccc-5c46)cc3c3cc4ccccc4cc32)cc1. The van der Waals surface area contributed by atoms with Crippen LogP contribution in [-0.4, -0.2) is 19.1 Å². The van der Waals surface area contributed by atoms with Gasteiger partial charge in [-0.05, 0) is 106 Å². The summed E-state index contributed by atoms with van der Waals surface area (Å²) in [6.45, 7) is 0. The summed E-state index contributed by atoms with van der Waals surface area (Å²) in [6.07, 6.45) is 1.90. The van der Waals surface area contributed by atoms with Gasteiger partial charge in [0.05, 0.1) is 33.3 Å². The van der Waals surface area contributed by atoms with Crippen LogP contribution in [0.2, 0.25) is 0 Å². The molecule has 12 rings (SSSR count). The van der Waals surface area contributed by atoms with Gasteiger partial charge < -0.3 is 4.57 Å². The van der Waals surface area contributed by atoms with Crippen LogP contribution < -0.4 is 0 Å². The van der Waals surface area contributed by atoms with Crippen molar-refractivity contribution in [3.8, 4) is 45.0 Å². The zero-order valence-electron chi connectivity index (χ0n) is 28.0. The highest BCUT2D eigenvalue weighted by Crippen LogP contribution is 2.46. The molecule has 0 saturated carbocycles. The molecule has 0 saturated heterocycles. The normalized spacial score (nSPS) is 12.2. The molecule has 52 heavy (non-hydrogen) atoms. The van der Waals surface area contributed by atoms with Crippen molar-refractivity contribution in [3.05, 3.63) is 170 Å². The number of hydrogen-bond donors (Lipinski definition) is 0. The highest BCUT2D eigenvalue weighted by Gasteiger charge is 2.24. The van der Waals surface area contributed by atoms with Crippen molar-refractivity contribution >= 4 is 65.3 Å². The monoisotopic (exact) mass is 660 g/mol. The largest absolute Gasteiger partial charge is 0.309 e. The fourth-order valence-corrected chi connectivity index (χ4v) is 8.76. The maximum atomic E-state index is 5.36. The van der Waals surface area contributed by atoms with Crippen LogP contribution in [0, 0.1) is 0 Å². The molecule has 0 N–H and O–H groups in total. The van der Waals surface area contributed by atoms with Gasteiger partial charge in [0, 0.05) is 49.9 Å². The molecular weight excluding hydrogens is 633 g/mol. The zero-order chi connectivity index (χ0) is 33.9. The minimum absolute atomic E-state index is 0.915. The molecule has 0 spiro atoms. The van der Waals surface area contributed by atoms with Crippen LogP contribution in [0.5, 0.6) is 0 Å². The van der Waals surface area contributed by atoms with E-state index in [1.54, 1.807) is 0 Å². The lowest BCUT2D eigenvalue weighted by Crippen LogP contribution is -1.98. The lowest BCUT2D eigenvalue weighted by Gasteiger charge is -2.10. The van der Waals surface area contributed by atoms with Gasteiger partial charge in [0.1, 0.15) is 5.82 Å². The van der Waals surface area contributed by atoms with Gasteiger partial charge in [-0.3, -0.25) is 9.55 Å². The molecule has 4 heteroatoms. The standard InChI is InChI=1S/C48H28N4/c1-2-11-33(12-3-1)51-43-20-17-32(27-39(43)40-25-29-9-4-5-10-30(29)28-45(40)51)31-18-21-44-38(26-31)34-13-6-7-16-42(34)52(44)46-22-19-36-35-23-24-49-41-15-8-14-37(47(35)41)48(36)50-46/h1-28H. The predicted octanol–water partition coefficient (Wildman–Crippen LogP) is 12.3. The smallest absolute Gasteiger partial charge is 0.138 e. The topological polar surface area (TPSA) is 35.6 Å². The van der Waals surface area contributed by atoms with Crippen LogP contribution in [0.15, 0.2) is 170 Å². The van der Waals surface area contributed by atoms with E-state index in [4.69, 9.17) is 4.98 Å². The Bertz CT molecular complexity index is 3290. The Morgan fingerprint density at radius 2 is 1.10 bits per heavy atom. The summed E-state index contributed by atoms with van der Waals surface area (Å²) < 4.78 is 4.72. The number of nitrogens with zero attached hydrogens (tertiary/aromatic N) is 4. The van der Waals surface area contributed by atoms with E-state index in [0.29, 0.717) is 0 Å². The van der Waals surface area contributed by atoms with Crippen LogP contribution in [0.1, 0.15) is 0 Å². The summed E-state index contributed by atoms with van der Waals surface area (Å²) >= 11 is 0. The summed E-state index contributed by atoms with van der Waals surface area (Å²) in [5.74, 6) is 0.915. The summed E-state index contributed by atoms with van der Waals surface area (Å²) in [6, 6.07) is 59.4. The van der Waals surface area contributed by atoms with E-state index < -0.39 is 0 Å². The van der Waals surface area contributed by atoms with Crippen LogP contribution in [0.25, 0.3) is 110 Å². The number of benzene rings is 7. The Morgan fingerprint density at radius 3 is 1.94 bits per heavy atom. The lowest BCUT2D eigenvalue weighted by atomic mass is 10.00. The zero-order valence-corrected chi connectivity index (χ0v) is 28.0. The molecule has 1 aliphatic rings. The number of hydrogen-bond acceptors (Lipinski definition) is 2. The van der Waals surface area contributed by atoms with Gasteiger partial charge in [0.15, 0.2) is 0 Å². The minimum atomic E-state index is 0.915. The molecule has 4 nitrogen and oxygen atoms in total. The average molecular weight is 661 g/mol. The molecule has 0 fully saturated rings. The van der Waals surface area contributed by atoms with Crippen molar-refractivity contribution in [3.63, 3.8) is 0 Å². The average Bonchev–Trinajstić information content (AvgIpc) is 3.83. The van der Waals surface area contributed by atoms with Crippen LogP contribution in [-0.2, 0) is 0 Å². The van der Waals surface area contributed by atoms with Crippen molar-refractivity contribution in [2.75, 3.05) is 0 Å². The molecule has 0 aliphatic heterocycles. The first-order valence-corrected chi connectivity index (χ1v) is 17.7. The summed E-state index contributed by atoms with van der Waals surface area (Å²) in [7, 11) is 0. The van der Waals surface area contributed by atoms with Crippen molar-refractivity contribution < 1.29 is 0 Å². The van der Waals surface area contributed by atoms with Gasteiger partial charge in [-0.1, -0.05) is 84.9 Å². The second-order valence-corrected chi connectivity index (χ2v) is 13.8. The number of fused-ring (bicyclic) bond motifs is 10. The molecule has 0 unspecified atom stereocenters. The maximum Gasteiger partial charge on any atom is 0.138 e. The molecule has 0 bridgehead atoms. The number of pyridine rings is 2. The van der Waals surface area contributed by atoms with E-state index in [9.17, 15) is 0 Å². The first kappa shape index (κ1) is 27.7. The third-order valence-corrected chi connectivity index (χ3v) is 11.1. The molecule has 240 valence electrons. The molecule has 0 radical (unpaired) electrons. The Hall–Kier alpha value is -7.04. The van der Waals surface area contributed by atoms with Gasteiger partial charge in [0.2, 0.25) is 0 Å². The fraction of sp³-hybridized carbons (Fsp3) is 0. The highest BCUT2D eigenvalue weighted by molar-refractivity contribution is 6.16. The van der Waals surface area contributed by atoms with E-state index in [-0.39, 0.29) is 0 Å². The molecule has 4 aromatic heterocycles. The van der Waals surface area contributed by atoms with Crippen LogP contribution in [0.3, 0.4) is 0 Å². The molecule has 0 atom stereocenters. The van der Waals surface area contributed by atoms with Crippen molar-refractivity contribution in [2.24, 2.45) is 0 Å². The molecule has 7 aromatic carbocycles. The third-order valence-electron chi connectivity index (χ3n) is 11.1. The van der Waals surface area contributed by atoms with E-state index in [1.807, 2.05) is 6.20 Å². The van der Waals surface area contributed by atoms with Gasteiger partial charge in [-0.15, -0.1) is 0 Å². The Morgan fingerprint density at radius 1 is 0.404 bits per heavy atom. The molecule has 4 heterocycles. The Kier molecular flexibility index (Phi) is 5.47. The molecular formula is C48H28N4. The van der Waals surface area contributed by atoms with Crippen molar-refractivity contribution in [1.29, 1.82) is 0 Å². The van der Waals surface area contributed by atoms with Crippen molar-refractivity contribution in [1.82, 2.24) is 19.1 Å². The van der Waals surface area contributed by atoms with Crippen molar-refractivity contribution in [2.45, 2.75) is 0 Å². The van der Waals surface area contributed by atoms with Gasteiger partial charge in [0.25, 0.3) is 0 Å². The minimum Gasteiger partial charge on any atom is -0.309 e. The molecule has 0 amide bonds.